The Kier molecular flexibility index (Phi) is 3.40. The van der Waals surface area contributed by atoms with Crippen LogP contribution in [-0.2, 0) is 6.42 Å². The topological polar surface area (TPSA) is 56.0 Å². The average Bonchev–Trinajstić information content (AvgIpc) is 2.30. The van der Waals surface area contributed by atoms with Crippen molar-refractivity contribution in [2.24, 2.45) is 0 Å². The number of pyridine rings is 1. The first-order valence-electron chi connectivity index (χ1n) is 5.14. The molecule has 0 unspecified atom stereocenters. The highest BCUT2D eigenvalue weighted by molar-refractivity contribution is 6.31. The number of aromatic nitrogens is 1. The number of benzene rings is 1. The standard InChI is InChI=1S/C13H11ClN2O/c14-10-3-4-11(12(15)7-10)13(17)6-9-2-1-5-16-8-9/h1-5,7-8H,6,15H2. The zero-order chi connectivity index (χ0) is 12.3. The molecule has 1 aromatic heterocycles. The molecule has 0 saturated carbocycles. The van der Waals surface area contributed by atoms with Gasteiger partial charge >= 0.3 is 0 Å². The van der Waals surface area contributed by atoms with Gasteiger partial charge < -0.3 is 5.73 Å². The smallest absolute Gasteiger partial charge is 0.169 e. The number of rotatable bonds is 3. The summed E-state index contributed by atoms with van der Waals surface area (Å²) in [5, 5.41) is 0.528. The summed E-state index contributed by atoms with van der Waals surface area (Å²) >= 11 is 5.78. The van der Waals surface area contributed by atoms with Crippen LogP contribution in [0, 0.1) is 0 Å². The summed E-state index contributed by atoms with van der Waals surface area (Å²) in [6, 6.07) is 8.55. The Morgan fingerprint density at radius 2 is 2.18 bits per heavy atom. The summed E-state index contributed by atoms with van der Waals surface area (Å²) in [7, 11) is 0. The third-order valence-electron chi connectivity index (χ3n) is 2.40. The van der Waals surface area contributed by atoms with Crippen LogP contribution in [0.25, 0.3) is 0 Å². The van der Waals surface area contributed by atoms with Crippen molar-refractivity contribution >= 4 is 23.1 Å². The van der Waals surface area contributed by atoms with E-state index in [-0.39, 0.29) is 5.78 Å². The zero-order valence-corrected chi connectivity index (χ0v) is 9.82. The lowest BCUT2D eigenvalue weighted by Crippen LogP contribution is -2.07. The second kappa shape index (κ2) is 4.97. The van der Waals surface area contributed by atoms with Gasteiger partial charge in [-0.3, -0.25) is 9.78 Å². The van der Waals surface area contributed by atoms with Crippen LogP contribution in [0.5, 0.6) is 0 Å². The Balaban J connectivity index is 2.21. The first-order chi connectivity index (χ1) is 8.16. The van der Waals surface area contributed by atoms with Crippen molar-refractivity contribution in [1.29, 1.82) is 0 Å². The van der Waals surface area contributed by atoms with Crippen LogP contribution in [0.15, 0.2) is 42.7 Å². The van der Waals surface area contributed by atoms with Crippen molar-refractivity contribution in [2.75, 3.05) is 5.73 Å². The number of nitrogens with two attached hydrogens (primary N) is 1. The van der Waals surface area contributed by atoms with Crippen molar-refractivity contribution in [3.63, 3.8) is 0 Å². The molecule has 0 aliphatic rings. The minimum Gasteiger partial charge on any atom is -0.398 e. The molecule has 0 bridgehead atoms. The number of carbonyl (C=O) groups excluding carboxylic acids is 1. The normalized spacial score (nSPS) is 10.2. The molecule has 0 amide bonds. The lowest BCUT2D eigenvalue weighted by atomic mass is 10.0. The number of anilines is 1. The van der Waals surface area contributed by atoms with E-state index in [0.717, 1.165) is 5.56 Å². The van der Waals surface area contributed by atoms with Gasteiger partial charge in [0.25, 0.3) is 0 Å². The van der Waals surface area contributed by atoms with Crippen molar-refractivity contribution in [3.8, 4) is 0 Å². The Morgan fingerprint density at radius 1 is 1.35 bits per heavy atom. The maximum atomic E-state index is 12.0. The van der Waals surface area contributed by atoms with E-state index in [0.29, 0.717) is 22.7 Å². The first kappa shape index (κ1) is 11.6. The summed E-state index contributed by atoms with van der Waals surface area (Å²) in [5.74, 6) is -0.0350. The molecule has 1 heterocycles. The van der Waals surface area contributed by atoms with E-state index < -0.39 is 0 Å². The van der Waals surface area contributed by atoms with Gasteiger partial charge in [0.15, 0.2) is 5.78 Å². The minimum absolute atomic E-state index is 0.0350. The number of nitrogens with zero attached hydrogens (tertiary/aromatic N) is 1. The molecule has 86 valence electrons. The summed E-state index contributed by atoms with van der Waals surface area (Å²) in [5.41, 5.74) is 7.53. The first-order valence-corrected chi connectivity index (χ1v) is 5.52. The fourth-order valence-corrected chi connectivity index (χ4v) is 1.75. The fourth-order valence-electron chi connectivity index (χ4n) is 1.57. The number of nitrogen functional groups attached to an aromatic ring is 1. The Morgan fingerprint density at radius 3 is 2.82 bits per heavy atom. The molecule has 4 heteroatoms. The van der Waals surface area contributed by atoms with E-state index in [4.69, 9.17) is 17.3 Å². The van der Waals surface area contributed by atoms with Gasteiger partial charge in [0.05, 0.1) is 0 Å². The molecule has 2 N–H and O–H groups in total. The van der Waals surface area contributed by atoms with Crippen molar-refractivity contribution in [3.05, 3.63) is 58.9 Å². The number of hydrogen-bond acceptors (Lipinski definition) is 3. The predicted octanol–water partition coefficient (Wildman–Crippen LogP) is 2.74. The van der Waals surface area contributed by atoms with Crippen LogP contribution >= 0.6 is 11.6 Å². The van der Waals surface area contributed by atoms with Gasteiger partial charge in [-0.05, 0) is 29.8 Å². The van der Waals surface area contributed by atoms with Gasteiger partial charge in [-0.2, -0.15) is 0 Å². The lowest BCUT2D eigenvalue weighted by Gasteiger charge is -2.05. The number of ketones is 1. The number of carbonyl (C=O) groups is 1. The Hall–Kier alpha value is -1.87. The largest absolute Gasteiger partial charge is 0.398 e. The SMILES string of the molecule is Nc1cc(Cl)ccc1C(=O)Cc1cccnc1. The van der Waals surface area contributed by atoms with Crippen LogP contribution in [0.3, 0.4) is 0 Å². The monoisotopic (exact) mass is 246 g/mol. The van der Waals surface area contributed by atoms with Crippen LogP contribution < -0.4 is 5.73 Å². The lowest BCUT2D eigenvalue weighted by molar-refractivity contribution is 0.0994. The summed E-state index contributed by atoms with van der Waals surface area (Å²) < 4.78 is 0. The van der Waals surface area contributed by atoms with Gasteiger partial charge in [0.2, 0.25) is 0 Å². The van der Waals surface area contributed by atoms with Crippen molar-refractivity contribution < 1.29 is 4.79 Å². The molecule has 0 aliphatic carbocycles. The second-order valence-electron chi connectivity index (χ2n) is 3.69. The van der Waals surface area contributed by atoms with Crippen LogP contribution in [-0.4, -0.2) is 10.8 Å². The summed E-state index contributed by atoms with van der Waals surface area (Å²) in [6.45, 7) is 0. The molecule has 2 rings (SSSR count). The molecule has 3 nitrogen and oxygen atoms in total. The maximum Gasteiger partial charge on any atom is 0.169 e. The van der Waals surface area contributed by atoms with Crippen LogP contribution in [0.1, 0.15) is 15.9 Å². The average molecular weight is 247 g/mol. The third-order valence-corrected chi connectivity index (χ3v) is 2.64. The maximum absolute atomic E-state index is 12.0. The van der Waals surface area contributed by atoms with E-state index in [1.165, 1.54) is 0 Å². The number of hydrogen-bond donors (Lipinski definition) is 1. The van der Waals surface area contributed by atoms with Gasteiger partial charge in [-0.1, -0.05) is 17.7 Å². The summed E-state index contributed by atoms with van der Waals surface area (Å²) in [4.78, 5) is 16.0. The van der Waals surface area contributed by atoms with E-state index >= 15 is 0 Å². The molecule has 0 aliphatic heterocycles. The minimum atomic E-state index is -0.0350. The number of Topliss-reactive ketones (excluding diaryl/α,β-unsaturated/α-hetero) is 1. The molecular weight excluding hydrogens is 236 g/mol. The van der Waals surface area contributed by atoms with Crippen molar-refractivity contribution in [1.82, 2.24) is 4.98 Å². The molecule has 1 aromatic carbocycles. The Bertz CT molecular complexity index is 540. The molecule has 0 fully saturated rings. The second-order valence-corrected chi connectivity index (χ2v) is 4.13. The highest BCUT2D eigenvalue weighted by Gasteiger charge is 2.10. The zero-order valence-electron chi connectivity index (χ0n) is 9.06. The third kappa shape index (κ3) is 2.82. The van der Waals surface area contributed by atoms with E-state index in [1.807, 2.05) is 6.07 Å². The quantitative estimate of drug-likeness (QED) is 0.669. The highest BCUT2D eigenvalue weighted by atomic mass is 35.5. The number of halogens is 1. The fraction of sp³-hybridized carbons (Fsp3) is 0.0769. The summed E-state index contributed by atoms with van der Waals surface area (Å²) in [6.07, 6.45) is 3.63. The molecule has 0 radical (unpaired) electrons. The molecule has 0 atom stereocenters. The van der Waals surface area contributed by atoms with E-state index in [1.54, 1.807) is 36.7 Å². The molecule has 0 spiro atoms. The molecule has 2 aromatic rings. The molecule has 17 heavy (non-hydrogen) atoms. The van der Waals surface area contributed by atoms with Gasteiger partial charge in [0.1, 0.15) is 0 Å². The van der Waals surface area contributed by atoms with Crippen LogP contribution in [0.2, 0.25) is 5.02 Å². The molecule has 0 saturated heterocycles. The van der Waals surface area contributed by atoms with Crippen LogP contribution in [0.4, 0.5) is 5.69 Å². The predicted molar refractivity (Wildman–Crippen MR) is 68.1 cm³/mol. The van der Waals surface area contributed by atoms with Gasteiger partial charge in [0, 0.05) is 35.1 Å². The van der Waals surface area contributed by atoms with Gasteiger partial charge in [-0.25, -0.2) is 0 Å². The highest BCUT2D eigenvalue weighted by Crippen LogP contribution is 2.19. The van der Waals surface area contributed by atoms with E-state index in [2.05, 4.69) is 4.98 Å². The van der Waals surface area contributed by atoms with Crippen molar-refractivity contribution in [2.45, 2.75) is 6.42 Å². The molecular formula is C13H11ClN2O. The van der Waals surface area contributed by atoms with Gasteiger partial charge in [-0.15, -0.1) is 0 Å². The Labute approximate surface area is 104 Å². The van der Waals surface area contributed by atoms with E-state index in [9.17, 15) is 4.79 Å².